The van der Waals surface area contributed by atoms with Gasteiger partial charge in [0.25, 0.3) is 5.91 Å². The third-order valence-electron chi connectivity index (χ3n) is 6.49. The smallest absolute Gasteiger partial charge is 0.347 e. The maximum absolute atomic E-state index is 13.6. The summed E-state index contributed by atoms with van der Waals surface area (Å²) in [5.41, 5.74) is -0.171. The molecule has 0 radical (unpaired) electrons. The first-order valence-corrected chi connectivity index (χ1v) is 11.2. The summed E-state index contributed by atoms with van der Waals surface area (Å²) in [5, 5.41) is 12.1. The number of nitrogens with zero attached hydrogens (tertiary/aromatic N) is 1. The van der Waals surface area contributed by atoms with Crippen LogP contribution in [-0.2, 0) is 16.9 Å². The Morgan fingerprint density at radius 3 is 2.54 bits per heavy atom. The van der Waals surface area contributed by atoms with Crippen molar-refractivity contribution in [2.75, 3.05) is 12.0 Å². The summed E-state index contributed by atoms with van der Waals surface area (Å²) in [4.78, 5) is 41.0. The molecule has 2 heterocycles. The van der Waals surface area contributed by atoms with Crippen molar-refractivity contribution in [3.05, 3.63) is 105 Å². The van der Waals surface area contributed by atoms with Crippen LogP contribution in [-0.4, -0.2) is 23.9 Å². The first-order valence-electron chi connectivity index (χ1n) is 11.2. The molecular weight excluding hydrogens is 446 g/mol. The first-order chi connectivity index (χ1) is 16.8. The normalized spacial score (nSPS) is 17.0. The Balaban J connectivity index is 1.52. The molecule has 0 unspecified atom stereocenters. The second-order valence-electron chi connectivity index (χ2n) is 8.62. The minimum absolute atomic E-state index is 0.224. The van der Waals surface area contributed by atoms with Crippen molar-refractivity contribution in [3.63, 3.8) is 0 Å². The van der Waals surface area contributed by atoms with Crippen molar-refractivity contribution in [3.8, 4) is 5.75 Å². The third kappa shape index (κ3) is 3.70. The average Bonchev–Trinajstić information content (AvgIpc) is 3.06. The Morgan fingerprint density at radius 1 is 1.03 bits per heavy atom. The SMILES string of the molecule is COc1cccc2cc(C(=O)C[C@@]3(O)C(=O)N(Cc4ccccc4C)c4ccccc43)c(=O)oc12. The maximum atomic E-state index is 13.6. The lowest BCUT2D eigenvalue weighted by Crippen LogP contribution is -2.42. The standard InChI is InChI=1S/C28H23NO6/c1-17-8-3-4-9-19(17)16-29-22-12-6-5-11-21(22)28(33,27(29)32)15-23(30)20-14-18-10-7-13-24(34-2)25(18)35-26(20)31/h3-14,33H,15-16H2,1-2H3/t28-/m0/s1. The van der Waals surface area contributed by atoms with Gasteiger partial charge in [0.2, 0.25) is 0 Å². The summed E-state index contributed by atoms with van der Waals surface area (Å²) >= 11 is 0. The highest BCUT2D eigenvalue weighted by Crippen LogP contribution is 2.43. The second-order valence-corrected chi connectivity index (χ2v) is 8.62. The lowest BCUT2D eigenvalue weighted by Gasteiger charge is -2.23. The van der Waals surface area contributed by atoms with E-state index in [4.69, 9.17) is 9.15 Å². The number of hydrogen-bond donors (Lipinski definition) is 1. The van der Waals surface area contributed by atoms with Crippen molar-refractivity contribution in [1.29, 1.82) is 0 Å². The van der Waals surface area contributed by atoms with Gasteiger partial charge in [-0.1, -0.05) is 54.6 Å². The van der Waals surface area contributed by atoms with Gasteiger partial charge < -0.3 is 19.2 Å². The Bertz CT molecular complexity index is 1540. The minimum atomic E-state index is -2.11. The zero-order valence-corrected chi connectivity index (χ0v) is 19.3. The number of methoxy groups -OCH3 is 1. The van der Waals surface area contributed by atoms with E-state index in [1.165, 1.54) is 18.1 Å². The molecule has 4 aromatic rings. The van der Waals surface area contributed by atoms with Crippen molar-refractivity contribution in [2.24, 2.45) is 0 Å². The zero-order chi connectivity index (χ0) is 24.7. The van der Waals surface area contributed by atoms with E-state index < -0.39 is 29.3 Å². The van der Waals surface area contributed by atoms with E-state index in [2.05, 4.69) is 0 Å². The van der Waals surface area contributed by atoms with Crippen LogP contribution in [0.5, 0.6) is 5.75 Å². The number of carbonyl (C=O) groups is 2. The Kier molecular flexibility index (Phi) is 5.49. The van der Waals surface area contributed by atoms with Gasteiger partial charge in [0.05, 0.1) is 25.8 Å². The van der Waals surface area contributed by atoms with E-state index in [0.29, 0.717) is 22.4 Å². The summed E-state index contributed by atoms with van der Waals surface area (Å²) < 4.78 is 10.6. The number of anilines is 1. The molecule has 1 amide bonds. The summed E-state index contributed by atoms with van der Waals surface area (Å²) in [6.07, 6.45) is -0.590. The number of fused-ring (bicyclic) bond motifs is 2. The number of para-hydroxylation sites is 2. The van der Waals surface area contributed by atoms with E-state index in [-0.39, 0.29) is 17.7 Å². The molecule has 1 N–H and O–H groups in total. The number of hydrogen-bond acceptors (Lipinski definition) is 6. The van der Waals surface area contributed by atoms with Gasteiger partial charge in [-0.25, -0.2) is 4.79 Å². The third-order valence-corrected chi connectivity index (χ3v) is 6.49. The lowest BCUT2D eigenvalue weighted by atomic mass is 9.88. The Hall–Kier alpha value is -4.23. The molecule has 1 atom stereocenters. The first kappa shape index (κ1) is 22.6. The van der Waals surface area contributed by atoms with E-state index >= 15 is 0 Å². The fourth-order valence-corrected chi connectivity index (χ4v) is 4.59. The fourth-order valence-electron chi connectivity index (χ4n) is 4.59. The predicted molar refractivity (Wildman–Crippen MR) is 131 cm³/mol. The average molecular weight is 469 g/mol. The molecule has 0 spiro atoms. The van der Waals surface area contributed by atoms with Crippen molar-refractivity contribution in [1.82, 2.24) is 0 Å². The van der Waals surface area contributed by atoms with Crippen LogP contribution in [0.25, 0.3) is 11.0 Å². The molecule has 1 aliphatic rings. The van der Waals surface area contributed by atoms with E-state index in [9.17, 15) is 19.5 Å². The molecule has 1 aromatic heterocycles. The molecule has 0 fully saturated rings. The molecule has 7 nitrogen and oxygen atoms in total. The monoisotopic (exact) mass is 469 g/mol. The van der Waals surface area contributed by atoms with Crippen LogP contribution in [0.4, 0.5) is 5.69 Å². The molecule has 0 bridgehead atoms. The number of benzene rings is 3. The van der Waals surface area contributed by atoms with Crippen LogP contribution >= 0.6 is 0 Å². The number of aliphatic hydroxyl groups is 1. The predicted octanol–water partition coefficient (Wildman–Crippen LogP) is 4.12. The molecule has 35 heavy (non-hydrogen) atoms. The molecule has 7 heteroatoms. The molecule has 176 valence electrons. The molecule has 0 saturated heterocycles. The van der Waals surface area contributed by atoms with E-state index in [1.807, 2.05) is 31.2 Å². The van der Waals surface area contributed by atoms with Crippen molar-refractivity contribution >= 4 is 28.3 Å². The molecule has 5 rings (SSSR count). The van der Waals surface area contributed by atoms with Crippen LogP contribution in [0, 0.1) is 6.92 Å². The summed E-state index contributed by atoms with van der Waals surface area (Å²) in [5.74, 6) is -0.932. The van der Waals surface area contributed by atoms with E-state index in [0.717, 1.165) is 11.1 Å². The summed E-state index contributed by atoms with van der Waals surface area (Å²) in [6, 6.07) is 21.0. The molecule has 1 aliphatic heterocycles. The van der Waals surface area contributed by atoms with Gasteiger partial charge >= 0.3 is 5.63 Å². The minimum Gasteiger partial charge on any atom is -0.493 e. The number of ether oxygens (including phenoxy) is 1. The highest BCUT2D eigenvalue weighted by atomic mass is 16.5. The number of amides is 1. The maximum Gasteiger partial charge on any atom is 0.347 e. The van der Waals surface area contributed by atoms with Gasteiger partial charge in [-0.3, -0.25) is 9.59 Å². The number of carbonyl (C=O) groups excluding carboxylic acids is 2. The molecule has 0 aliphatic carbocycles. The van der Waals surface area contributed by atoms with Crippen LogP contribution in [0.1, 0.15) is 33.5 Å². The van der Waals surface area contributed by atoms with E-state index in [1.54, 1.807) is 42.5 Å². The lowest BCUT2D eigenvalue weighted by molar-refractivity contribution is -0.136. The number of Topliss-reactive ketones (excluding diaryl/α,β-unsaturated/α-hetero) is 1. The molecular formula is C28H23NO6. The number of rotatable bonds is 6. The van der Waals surface area contributed by atoms with Gasteiger partial charge in [0.1, 0.15) is 5.56 Å². The summed E-state index contributed by atoms with van der Waals surface area (Å²) in [6.45, 7) is 2.20. The van der Waals surface area contributed by atoms with Crippen LogP contribution in [0.3, 0.4) is 0 Å². The van der Waals surface area contributed by atoms with Crippen LogP contribution in [0.2, 0.25) is 0 Å². The van der Waals surface area contributed by atoms with Gasteiger partial charge in [-0.2, -0.15) is 0 Å². The van der Waals surface area contributed by atoms with Crippen molar-refractivity contribution < 1.29 is 23.8 Å². The Labute approximate surface area is 201 Å². The molecule has 0 saturated carbocycles. The number of ketones is 1. The highest BCUT2D eigenvalue weighted by molar-refractivity contribution is 6.11. The van der Waals surface area contributed by atoms with Crippen LogP contribution < -0.4 is 15.3 Å². The fraction of sp³-hybridized carbons (Fsp3) is 0.179. The van der Waals surface area contributed by atoms with Crippen molar-refractivity contribution in [2.45, 2.75) is 25.5 Å². The van der Waals surface area contributed by atoms with Gasteiger partial charge in [-0.05, 0) is 36.2 Å². The van der Waals surface area contributed by atoms with Gasteiger partial charge in [0, 0.05) is 10.9 Å². The quantitative estimate of drug-likeness (QED) is 0.337. The topological polar surface area (TPSA) is 97.0 Å². The largest absolute Gasteiger partial charge is 0.493 e. The van der Waals surface area contributed by atoms with Crippen LogP contribution in [0.15, 0.2) is 82.0 Å². The van der Waals surface area contributed by atoms with Gasteiger partial charge in [0.15, 0.2) is 22.7 Å². The van der Waals surface area contributed by atoms with Gasteiger partial charge in [-0.15, -0.1) is 0 Å². The Morgan fingerprint density at radius 2 is 1.77 bits per heavy atom. The number of aryl methyl sites for hydroxylation is 1. The summed E-state index contributed by atoms with van der Waals surface area (Å²) in [7, 11) is 1.45. The zero-order valence-electron chi connectivity index (χ0n) is 19.3. The molecule has 3 aromatic carbocycles. The highest BCUT2D eigenvalue weighted by Gasteiger charge is 2.51. The second kappa shape index (κ2) is 8.52.